The van der Waals surface area contributed by atoms with E-state index in [-0.39, 0.29) is 30.4 Å². The van der Waals surface area contributed by atoms with Crippen molar-refractivity contribution in [2.45, 2.75) is 51.6 Å². The van der Waals surface area contributed by atoms with Gasteiger partial charge in [-0.3, -0.25) is 0 Å². The summed E-state index contributed by atoms with van der Waals surface area (Å²) in [6.45, 7) is 3.57. The molecule has 3 atom stereocenters. The molecule has 0 radical (unpaired) electrons. The molecule has 0 saturated carbocycles. The summed E-state index contributed by atoms with van der Waals surface area (Å²) >= 11 is 1.47. The summed E-state index contributed by atoms with van der Waals surface area (Å²) < 4.78 is 43.2. The van der Waals surface area contributed by atoms with Gasteiger partial charge in [-0.15, -0.1) is 11.3 Å². The highest BCUT2D eigenvalue weighted by molar-refractivity contribution is 7.10. The molecule has 0 spiro atoms. The lowest BCUT2D eigenvalue weighted by atomic mass is 9.88. The number of aliphatic hydroxyl groups excluding tert-OH is 1. The van der Waals surface area contributed by atoms with Gasteiger partial charge in [-0.1, -0.05) is 19.1 Å². The maximum atomic E-state index is 14.6. The zero-order valence-electron chi connectivity index (χ0n) is 17.1. The lowest BCUT2D eigenvalue weighted by Gasteiger charge is -2.18. The summed E-state index contributed by atoms with van der Waals surface area (Å²) in [5.41, 5.74) is 5.53. The average Bonchev–Trinajstić information content (AvgIpc) is 3.32. The summed E-state index contributed by atoms with van der Waals surface area (Å²) in [5.74, 6) is -0.662. The van der Waals surface area contributed by atoms with Crippen molar-refractivity contribution < 1.29 is 18.3 Å². The van der Waals surface area contributed by atoms with Crippen molar-refractivity contribution in [2.75, 3.05) is 0 Å². The second-order valence-corrected chi connectivity index (χ2v) is 8.83. The Bertz CT molecular complexity index is 1180. The molecule has 3 unspecified atom stereocenters. The van der Waals surface area contributed by atoms with Crippen LogP contribution in [0.5, 0.6) is 0 Å². The predicted octanol–water partition coefficient (Wildman–Crippen LogP) is 6.07. The largest absolute Gasteiger partial charge is 0.385 e. The fourth-order valence-electron chi connectivity index (χ4n) is 4.36. The Hall–Kier alpha value is -2.69. The number of aliphatic hydroxyl groups is 1. The monoisotopic (exact) mass is 442 g/mol. The molecule has 31 heavy (non-hydrogen) atoms. The van der Waals surface area contributed by atoms with E-state index in [1.807, 2.05) is 19.1 Å². The first-order valence-corrected chi connectivity index (χ1v) is 11.0. The molecule has 1 aliphatic carbocycles. The molecule has 0 fully saturated rings. The van der Waals surface area contributed by atoms with E-state index in [4.69, 9.17) is 0 Å². The molecule has 1 heterocycles. The number of hydrogen-bond donors (Lipinski definition) is 1. The standard InChI is InChI=1S/C24H21F3N2OS/c1-3-20(26)19-8-15(25)6-14(10-28)17(19)7-13-4-5-16(23-12(2)31-11-29-23)22-18(13)9-21(27)24(22)30/h4-6,8,11,20-21,24,30H,3,7,9H2,1-2H3. The summed E-state index contributed by atoms with van der Waals surface area (Å²) in [6, 6.07) is 7.79. The Morgan fingerprint density at radius 2 is 2.13 bits per heavy atom. The van der Waals surface area contributed by atoms with Gasteiger partial charge in [-0.05, 0) is 59.7 Å². The van der Waals surface area contributed by atoms with E-state index in [0.717, 1.165) is 17.0 Å². The van der Waals surface area contributed by atoms with Gasteiger partial charge in [-0.2, -0.15) is 5.26 Å². The number of rotatable bonds is 5. The van der Waals surface area contributed by atoms with E-state index in [1.54, 1.807) is 18.5 Å². The van der Waals surface area contributed by atoms with E-state index in [9.17, 15) is 23.5 Å². The zero-order valence-corrected chi connectivity index (χ0v) is 17.9. The molecule has 160 valence electrons. The Labute approximate surface area is 182 Å². The van der Waals surface area contributed by atoms with Crippen molar-refractivity contribution in [3.05, 3.63) is 73.9 Å². The van der Waals surface area contributed by atoms with Crippen molar-refractivity contribution in [3.8, 4) is 17.3 Å². The third-order valence-corrected chi connectivity index (χ3v) is 6.68. The molecule has 7 heteroatoms. The van der Waals surface area contributed by atoms with Crippen molar-refractivity contribution in [1.29, 1.82) is 5.26 Å². The second kappa shape index (κ2) is 8.45. The molecular weight excluding hydrogens is 421 g/mol. The molecule has 2 aromatic carbocycles. The maximum absolute atomic E-state index is 14.6. The molecule has 3 nitrogen and oxygen atoms in total. The minimum absolute atomic E-state index is 0.0219. The summed E-state index contributed by atoms with van der Waals surface area (Å²) in [4.78, 5) is 5.33. The smallest absolute Gasteiger partial charge is 0.134 e. The van der Waals surface area contributed by atoms with Gasteiger partial charge in [0.1, 0.15) is 24.3 Å². The van der Waals surface area contributed by atoms with Crippen LogP contribution in [0.1, 0.15) is 63.9 Å². The highest BCUT2D eigenvalue weighted by Crippen LogP contribution is 2.43. The number of fused-ring (bicyclic) bond motifs is 1. The van der Waals surface area contributed by atoms with Gasteiger partial charge in [0.15, 0.2) is 0 Å². The van der Waals surface area contributed by atoms with E-state index in [1.165, 1.54) is 11.3 Å². The number of aryl methyl sites for hydroxylation is 1. The minimum Gasteiger partial charge on any atom is -0.385 e. The fourth-order valence-corrected chi connectivity index (χ4v) is 4.95. The Balaban J connectivity index is 1.87. The van der Waals surface area contributed by atoms with Crippen LogP contribution in [0.4, 0.5) is 13.2 Å². The maximum Gasteiger partial charge on any atom is 0.134 e. The van der Waals surface area contributed by atoms with Crippen molar-refractivity contribution in [3.63, 3.8) is 0 Å². The lowest BCUT2D eigenvalue weighted by Crippen LogP contribution is -2.07. The van der Waals surface area contributed by atoms with Gasteiger partial charge in [0, 0.05) is 16.9 Å². The minimum atomic E-state index is -1.46. The number of thiazole rings is 1. The summed E-state index contributed by atoms with van der Waals surface area (Å²) in [7, 11) is 0. The van der Waals surface area contributed by atoms with Gasteiger partial charge >= 0.3 is 0 Å². The number of nitrogens with zero attached hydrogens (tertiary/aromatic N) is 2. The van der Waals surface area contributed by atoms with Crippen LogP contribution in [0.2, 0.25) is 0 Å². The van der Waals surface area contributed by atoms with Crippen LogP contribution in [0, 0.1) is 24.1 Å². The van der Waals surface area contributed by atoms with Gasteiger partial charge in [0.25, 0.3) is 0 Å². The topological polar surface area (TPSA) is 56.9 Å². The first kappa shape index (κ1) is 21.5. The highest BCUT2D eigenvalue weighted by atomic mass is 32.1. The second-order valence-electron chi connectivity index (χ2n) is 7.77. The van der Waals surface area contributed by atoms with Gasteiger partial charge in [-0.25, -0.2) is 18.2 Å². The van der Waals surface area contributed by atoms with Crippen LogP contribution >= 0.6 is 11.3 Å². The molecule has 1 aliphatic rings. The van der Waals surface area contributed by atoms with Crippen LogP contribution in [-0.2, 0) is 12.8 Å². The molecule has 0 saturated heterocycles. The number of nitriles is 1. The van der Waals surface area contributed by atoms with Crippen molar-refractivity contribution >= 4 is 11.3 Å². The fraction of sp³-hybridized carbons (Fsp3) is 0.333. The van der Waals surface area contributed by atoms with Crippen LogP contribution in [-0.4, -0.2) is 16.3 Å². The van der Waals surface area contributed by atoms with Crippen LogP contribution in [0.3, 0.4) is 0 Å². The molecule has 0 bridgehead atoms. The Kier molecular flexibility index (Phi) is 5.87. The normalized spacial score (nSPS) is 18.6. The molecule has 3 aromatic rings. The number of hydrogen-bond acceptors (Lipinski definition) is 4. The number of aromatic nitrogens is 1. The van der Waals surface area contributed by atoms with Crippen LogP contribution in [0.25, 0.3) is 11.3 Å². The Morgan fingerprint density at radius 1 is 1.35 bits per heavy atom. The molecule has 1 aromatic heterocycles. The molecule has 1 N–H and O–H groups in total. The summed E-state index contributed by atoms with van der Waals surface area (Å²) in [6.07, 6.45) is -3.83. The number of alkyl halides is 2. The average molecular weight is 443 g/mol. The number of benzene rings is 2. The van der Waals surface area contributed by atoms with E-state index in [0.29, 0.717) is 33.5 Å². The quantitative estimate of drug-likeness (QED) is 0.522. The zero-order chi connectivity index (χ0) is 22.3. The highest BCUT2D eigenvalue weighted by Gasteiger charge is 2.36. The molecule has 0 amide bonds. The van der Waals surface area contributed by atoms with E-state index < -0.39 is 24.3 Å². The summed E-state index contributed by atoms with van der Waals surface area (Å²) in [5, 5.41) is 20.1. The first-order valence-electron chi connectivity index (χ1n) is 10.1. The SMILES string of the molecule is CCC(F)c1cc(F)cc(C#N)c1Cc1ccc(-c2ncsc2C)c2c1CC(F)C2O. The third-order valence-electron chi connectivity index (χ3n) is 5.92. The molecule has 4 rings (SSSR count). The van der Waals surface area contributed by atoms with E-state index in [2.05, 4.69) is 4.98 Å². The van der Waals surface area contributed by atoms with Crippen molar-refractivity contribution in [2.24, 2.45) is 0 Å². The van der Waals surface area contributed by atoms with Crippen molar-refractivity contribution in [1.82, 2.24) is 4.98 Å². The van der Waals surface area contributed by atoms with Crippen LogP contribution in [0.15, 0.2) is 29.8 Å². The predicted molar refractivity (Wildman–Crippen MR) is 114 cm³/mol. The third kappa shape index (κ3) is 3.75. The lowest BCUT2D eigenvalue weighted by molar-refractivity contribution is 0.0929. The van der Waals surface area contributed by atoms with Gasteiger partial charge in [0.2, 0.25) is 0 Å². The Morgan fingerprint density at radius 3 is 2.77 bits per heavy atom. The molecule has 0 aliphatic heterocycles. The van der Waals surface area contributed by atoms with Gasteiger partial charge in [0.05, 0.1) is 22.8 Å². The molecular formula is C24H21F3N2OS. The first-order chi connectivity index (χ1) is 14.8. The van der Waals surface area contributed by atoms with Gasteiger partial charge < -0.3 is 5.11 Å². The van der Waals surface area contributed by atoms with Crippen LogP contribution < -0.4 is 0 Å². The number of halogens is 3. The van der Waals surface area contributed by atoms with E-state index >= 15 is 0 Å².